The maximum atomic E-state index is 5.99. The Bertz CT molecular complexity index is 791. The maximum absolute atomic E-state index is 5.99. The van der Waals surface area contributed by atoms with E-state index in [4.69, 9.17) is 20.9 Å². The Kier molecular flexibility index (Phi) is 4.83. The molecule has 0 spiro atoms. The highest BCUT2D eigenvalue weighted by molar-refractivity contribution is 6.31. The quantitative estimate of drug-likeness (QED) is 0.670. The number of hydrogen-bond acceptors (Lipinski definition) is 6. The van der Waals surface area contributed by atoms with Gasteiger partial charge in [0.05, 0.1) is 6.20 Å². The van der Waals surface area contributed by atoms with Gasteiger partial charge in [-0.25, -0.2) is 9.97 Å². The predicted octanol–water partition coefficient (Wildman–Crippen LogP) is 4.31. The summed E-state index contributed by atoms with van der Waals surface area (Å²) >= 11 is 5.99. The molecule has 7 heteroatoms. The molecule has 23 heavy (non-hydrogen) atoms. The number of aromatic nitrogens is 4. The van der Waals surface area contributed by atoms with Gasteiger partial charge in [-0.15, -0.1) is 0 Å². The lowest BCUT2D eigenvalue weighted by Gasteiger charge is -2.06. The normalized spacial score (nSPS) is 10.7. The second-order valence-corrected chi connectivity index (χ2v) is 5.33. The molecule has 0 atom stereocenters. The van der Waals surface area contributed by atoms with Gasteiger partial charge < -0.3 is 9.26 Å². The van der Waals surface area contributed by atoms with Crippen molar-refractivity contribution in [3.05, 3.63) is 47.7 Å². The SMILES string of the molecule is CCCCc1nc(-c2cccc(Oc3ncncc3Cl)c2)no1. The van der Waals surface area contributed by atoms with Crippen LogP contribution in [0.25, 0.3) is 11.4 Å². The van der Waals surface area contributed by atoms with Crippen LogP contribution in [0.5, 0.6) is 11.6 Å². The zero-order chi connectivity index (χ0) is 16.1. The molecule has 0 fully saturated rings. The Morgan fingerprint density at radius 2 is 2.22 bits per heavy atom. The molecule has 0 aliphatic rings. The molecule has 1 aromatic carbocycles. The van der Waals surface area contributed by atoms with Gasteiger partial charge in [-0.3, -0.25) is 0 Å². The van der Waals surface area contributed by atoms with Gasteiger partial charge >= 0.3 is 0 Å². The Morgan fingerprint density at radius 3 is 3.04 bits per heavy atom. The maximum Gasteiger partial charge on any atom is 0.241 e. The molecule has 3 aromatic rings. The van der Waals surface area contributed by atoms with Crippen LogP contribution in [0.1, 0.15) is 25.7 Å². The molecular formula is C16H15ClN4O2. The standard InChI is InChI=1S/C16H15ClN4O2/c1-2-3-7-14-20-15(21-23-14)11-5-4-6-12(8-11)22-16-13(17)9-18-10-19-16/h4-6,8-10H,2-3,7H2,1H3. The molecule has 0 N–H and O–H groups in total. The fraction of sp³-hybridized carbons (Fsp3) is 0.250. The molecule has 118 valence electrons. The van der Waals surface area contributed by atoms with Crippen molar-refractivity contribution < 1.29 is 9.26 Å². The third-order valence-corrected chi connectivity index (χ3v) is 3.41. The van der Waals surface area contributed by atoms with E-state index in [2.05, 4.69) is 27.0 Å². The molecule has 0 aliphatic heterocycles. The zero-order valence-corrected chi connectivity index (χ0v) is 13.3. The summed E-state index contributed by atoms with van der Waals surface area (Å²) in [7, 11) is 0. The first-order valence-corrected chi connectivity index (χ1v) is 7.70. The highest BCUT2D eigenvalue weighted by atomic mass is 35.5. The fourth-order valence-electron chi connectivity index (χ4n) is 1.99. The highest BCUT2D eigenvalue weighted by Gasteiger charge is 2.10. The molecule has 0 saturated heterocycles. The van der Waals surface area contributed by atoms with Gasteiger partial charge in [0.25, 0.3) is 0 Å². The summed E-state index contributed by atoms with van der Waals surface area (Å²) in [4.78, 5) is 12.2. The van der Waals surface area contributed by atoms with Crippen molar-refractivity contribution in [2.75, 3.05) is 0 Å². The molecule has 0 bridgehead atoms. The number of nitrogens with zero attached hydrogens (tertiary/aromatic N) is 4. The minimum atomic E-state index is 0.301. The number of halogens is 1. The van der Waals surface area contributed by atoms with Crippen LogP contribution in [-0.4, -0.2) is 20.1 Å². The van der Waals surface area contributed by atoms with Crippen molar-refractivity contribution in [3.8, 4) is 23.0 Å². The first kappa shape index (κ1) is 15.4. The summed E-state index contributed by atoms with van der Waals surface area (Å²) in [5, 5.41) is 4.36. The van der Waals surface area contributed by atoms with E-state index in [0.717, 1.165) is 24.8 Å². The smallest absolute Gasteiger partial charge is 0.241 e. The van der Waals surface area contributed by atoms with Gasteiger partial charge in [0.2, 0.25) is 17.6 Å². The van der Waals surface area contributed by atoms with E-state index in [1.165, 1.54) is 12.5 Å². The van der Waals surface area contributed by atoms with Crippen molar-refractivity contribution in [3.63, 3.8) is 0 Å². The molecule has 0 saturated carbocycles. The van der Waals surface area contributed by atoms with Gasteiger partial charge in [-0.2, -0.15) is 4.98 Å². The lowest BCUT2D eigenvalue weighted by atomic mass is 10.2. The third kappa shape index (κ3) is 3.84. The van der Waals surface area contributed by atoms with Crippen molar-refractivity contribution in [1.82, 2.24) is 20.1 Å². The van der Waals surface area contributed by atoms with Gasteiger partial charge in [-0.1, -0.05) is 42.2 Å². The summed E-state index contributed by atoms with van der Waals surface area (Å²) in [6.07, 6.45) is 5.76. The minimum Gasteiger partial charge on any atom is -0.437 e. The summed E-state index contributed by atoms with van der Waals surface area (Å²) in [6.45, 7) is 2.12. The molecule has 0 amide bonds. The Morgan fingerprint density at radius 1 is 1.30 bits per heavy atom. The van der Waals surface area contributed by atoms with E-state index in [-0.39, 0.29) is 0 Å². The van der Waals surface area contributed by atoms with Crippen molar-refractivity contribution in [2.24, 2.45) is 0 Å². The molecule has 2 aromatic heterocycles. The topological polar surface area (TPSA) is 73.9 Å². The molecule has 0 aliphatic carbocycles. The summed E-state index contributed by atoms with van der Waals surface area (Å²) in [5.74, 6) is 2.07. The van der Waals surface area contributed by atoms with Crippen LogP contribution < -0.4 is 4.74 Å². The van der Waals surface area contributed by atoms with Crippen LogP contribution in [-0.2, 0) is 6.42 Å². The molecule has 6 nitrogen and oxygen atoms in total. The van der Waals surface area contributed by atoms with E-state index in [0.29, 0.717) is 28.4 Å². The van der Waals surface area contributed by atoms with Gasteiger partial charge in [0.1, 0.15) is 17.1 Å². The average molecular weight is 331 g/mol. The van der Waals surface area contributed by atoms with Crippen LogP contribution in [0, 0.1) is 0 Å². The van der Waals surface area contributed by atoms with Crippen molar-refractivity contribution in [1.29, 1.82) is 0 Å². The first-order valence-electron chi connectivity index (χ1n) is 7.32. The Labute approximate surface area is 138 Å². The second kappa shape index (κ2) is 7.19. The zero-order valence-electron chi connectivity index (χ0n) is 12.6. The van der Waals surface area contributed by atoms with Crippen LogP contribution in [0.3, 0.4) is 0 Å². The van der Waals surface area contributed by atoms with Gasteiger partial charge in [0, 0.05) is 12.0 Å². The lowest BCUT2D eigenvalue weighted by Crippen LogP contribution is -1.90. The predicted molar refractivity (Wildman–Crippen MR) is 85.5 cm³/mol. The first-order chi connectivity index (χ1) is 11.3. The third-order valence-electron chi connectivity index (χ3n) is 3.15. The fourth-order valence-corrected chi connectivity index (χ4v) is 2.13. The van der Waals surface area contributed by atoms with E-state index >= 15 is 0 Å². The lowest BCUT2D eigenvalue weighted by molar-refractivity contribution is 0.375. The van der Waals surface area contributed by atoms with Gasteiger partial charge in [0.15, 0.2) is 0 Å². The van der Waals surface area contributed by atoms with E-state index in [1.807, 2.05) is 18.2 Å². The second-order valence-electron chi connectivity index (χ2n) is 4.92. The van der Waals surface area contributed by atoms with Crippen LogP contribution in [0.2, 0.25) is 5.02 Å². The number of hydrogen-bond donors (Lipinski definition) is 0. The van der Waals surface area contributed by atoms with Crippen LogP contribution >= 0.6 is 11.6 Å². The Balaban J connectivity index is 1.80. The molecule has 0 radical (unpaired) electrons. The van der Waals surface area contributed by atoms with Gasteiger partial charge in [-0.05, 0) is 18.6 Å². The summed E-state index contributed by atoms with van der Waals surface area (Å²) in [6, 6.07) is 7.36. The number of unbranched alkanes of at least 4 members (excludes halogenated alkanes) is 1. The minimum absolute atomic E-state index is 0.301. The van der Waals surface area contributed by atoms with E-state index < -0.39 is 0 Å². The van der Waals surface area contributed by atoms with Crippen LogP contribution in [0.4, 0.5) is 0 Å². The average Bonchev–Trinajstić information content (AvgIpc) is 3.04. The molecule has 2 heterocycles. The Hall–Kier alpha value is -2.47. The molecular weight excluding hydrogens is 316 g/mol. The van der Waals surface area contributed by atoms with E-state index in [1.54, 1.807) is 6.07 Å². The monoisotopic (exact) mass is 330 g/mol. The number of ether oxygens (including phenoxy) is 1. The summed E-state index contributed by atoms with van der Waals surface area (Å²) in [5.41, 5.74) is 0.805. The van der Waals surface area contributed by atoms with E-state index in [9.17, 15) is 0 Å². The van der Waals surface area contributed by atoms with Crippen LogP contribution in [0.15, 0.2) is 41.3 Å². The number of rotatable bonds is 6. The number of benzene rings is 1. The molecule has 3 rings (SSSR count). The van der Waals surface area contributed by atoms with Crippen molar-refractivity contribution >= 4 is 11.6 Å². The number of aryl methyl sites for hydroxylation is 1. The van der Waals surface area contributed by atoms with Crippen molar-refractivity contribution in [2.45, 2.75) is 26.2 Å². The molecule has 0 unspecified atom stereocenters. The summed E-state index contributed by atoms with van der Waals surface area (Å²) < 4.78 is 10.9. The highest BCUT2D eigenvalue weighted by Crippen LogP contribution is 2.28. The largest absolute Gasteiger partial charge is 0.437 e.